The van der Waals surface area contributed by atoms with Crippen LogP contribution in [0.25, 0.3) is 0 Å². The smallest absolute Gasteiger partial charge is 0.237 e. The quantitative estimate of drug-likeness (QED) is 0.796. The fourth-order valence-corrected chi connectivity index (χ4v) is 4.38. The first-order chi connectivity index (χ1) is 8.48. The molecule has 0 saturated carbocycles. The van der Waals surface area contributed by atoms with Gasteiger partial charge in [-0.1, -0.05) is 6.42 Å². The molecule has 0 aromatic heterocycles. The molecule has 2 saturated heterocycles. The molecule has 1 N–H and O–H groups in total. The normalized spacial score (nSPS) is 29.9. The molecule has 18 heavy (non-hydrogen) atoms. The Morgan fingerprint density at radius 1 is 1.28 bits per heavy atom. The van der Waals surface area contributed by atoms with Gasteiger partial charge in [0, 0.05) is 6.04 Å². The van der Waals surface area contributed by atoms with E-state index in [1.54, 1.807) is 0 Å². The number of nitrogens with one attached hydrogen (secondary N) is 1. The summed E-state index contributed by atoms with van der Waals surface area (Å²) in [6.45, 7) is 3.85. The summed E-state index contributed by atoms with van der Waals surface area (Å²) in [5.74, 6) is 0.278. The molecule has 2 fully saturated rings. The first-order valence-corrected chi connectivity index (χ1v) is 8.55. The highest BCUT2D eigenvalue weighted by molar-refractivity contribution is 7.91. The highest BCUT2D eigenvalue weighted by atomic mass is 32.2. The fraction of sp³-hybridized carbons (Fsp3) is 0.917. The summed E-state index contributed by atoms with van der Waals surface area (Å²) in [6.07, 6.45) is 4.09. The number of piperidine rings is 1. The average Bonchev–Trinajstić information content (AvgIpc) is 2.68. The van der Waals surface area contributed by atoms with E-state index in [9.17, 15) is 13.2 Å². The Balaban J connectivity index is 1.84. The van der Waals surface area contributed by atoms with Gasteiger partial charge < -0.3 is 5.32 Å². The van der Waals surface area contributed by atoms with Crippen molar-refractivity contribution in [1.29, 1.82) is 0 Å². The molecule has 2 rings (SSSR count). The Kier molecular flexibility index (Phi) is 4.27. The lowest BCUT2D eigenvalue weighted by atomic mass is 10.1. The zero-order valence-corrected chi connectivity index (χ0v) is 11.7. The molecule has 0 spiro atoms. The number of nitrogens with zero attached hydrogens (tertiary/aromatic N) is 1. The molecule has 6 heteroatoms. The van der Waals surface area contributed by atoms with Gasteiger partial charge in [-0.2, -0.15) is 0 Å². The van der Waals surface area contributed by atoms with E-state index < -0.39 is 9.84 Å². The summed E-state index contributed by atoms with van der Waals surface area (Å²) in [7, 11) is -2.92. The summed E-state index contributed by atoms with van der Waals surface area (Å²) in [5, 5.41) is 2.87. The minimum absolute atomic E-state index is 0.0287. The first-order valence-electron chi connectivity index (χ1n) is 6.73. The van der Waals surface area contributed by atoms with Crippen LogP contribution < -0.4 is 5.32 Å². The number of hydrogen-bond acceptors (Lipinski definition) is 4. The van der Waals surface area contributed by atoms with Crippen LogP contribution in [0.2, 0.25) is 0 Å². The Labute approximate surface area is 109 Å². The number of likely N-dealkylation sites (tertiary alicyclic amines) is 1. The van der Waals surface area contributed by atoms with Crippen LogP contribution in [0.4, 0.5) is 0 Å². The first kappa shape index (κ1) is 13.8. The van der Waals surface area contributed by atoms with Gasteiger partial charge in [0.1, 0.15) is 0 Å². The lowest BCUT2D eigenvalue weighted by Gasteiger charge is -2.31. The van der Waals surface area contributed by atoms with Crippen LogP contribution in [0.1, 0.15) is 32.6 Å². The number of hydrogen-bond donors (Lipinski definition) is 1. The summed E-state index contributed by atoms with van der Waals surface area (Å²) in [4.78, 5) is 14.2. The third-order valence-corrected chi connectivity index (χ3v) is 5.66. The lowest BCUT2D eigenvalue weighted by Crippen LogP contribution is -2.50. The van der Waals surface area contributed by atoms with Crippen LogP contribution in [0.5, 0.6) is 0 Å². The van der Waals surface area contributed by atoms with Crippen molar-refractivity contribution in [2.75, 3.05) is 24.6 Å². The summed E-state index contributed by atoms with van der Waals surface area (Å²) in [5.41, 5.74) is 0. The second-order valence-electron chi connectivity index (χ2n) is 5.38. The molecule has 2 atom stereocenters. The van der Waals surface area contributed by atoms with Crippen LogP contribution in [0, 0.1) is 0 Å². The third-order valence-electron chi connectivity index (χ3n) is 3.90. The van der Waals surface area contributed by atoms with E-state index in [1.807, 2.05) is 6.92 Å². The van der Waals surface area contributed by atoms with Crippen molar-refractivity contribution < 1.29 is 13.2 Å². The van der Waals surface area contributed by atoms with Gasteiger partial charge in [0.2, 0.25) is 5.91 Å². The van der Waals surface area contributed by atoms with E-state index in [0.29, 0.717) is 6.42 Å². The van der Waals surface area contributed by atoms with Crippen molar-refractivity contribution >= 4 is 15.7 Å². The molecule has 5 nitrogen and oxygen atoms in total. The minimum atomic E-state index is -2.92. The maximum atomic E-state index is 12.1. The predicted octanol–water partition coefficient (Wildman–Crippen LogP) is 0.164. The number of amides is 1. The molecule has 0 aromatic carbocycles. The summed E-state index contributed by atoms with van der Waals surface area (Å²) >= 11 is 0. The SMILES string of the molecule is C[C@H](C(=O)N[C@H]1CCS(=O)(=O)C1)N1CCCCC1. The Hall–Kier alpha value is -0.620. The van der Waals surface area contributed by atoms with Gasteiger partial charge in [0.05, 0.1) is 17.5 Å². The molecular weight excluding hydrogens is 252 g/mol. The predicted molar refractivity (Wildman–Crippen MR) is 70.1 cm³/mol. The standard InChI is InChI=1S/C12H22N2O3S/c1-10(14-6-3-2-4-7-14)12(15)13-11-5-8-18(16,17)9-11/h10-11H,2-9H2,1H3,(H,13,15)/t10-,11+/m1/s1. The largest absolute Gasteiger partial charge is 0.351 e. The zero-order chi connectivity index (χ0) is 13.2. The fourth-order valence-electron chi connectivity index (χ4n) is 2.70. The second kappa shape index (κ2) is 5.57. The zero-order valence-electron chi connectivity index (χ0n) is 10.9. The molecule has 0 aromatic rings. The second-order valence-corrected chi connectivity index (χ2v) is 7.61. The van der Waals surface area contributed by atoms with Crippen LogP contribution >= 0.6 is 0 Å². The van der Waals surface area contributed by atoms with Crippen molar-refractivity contribution in [1.82, 2.24) is 10.2 Å². The molecule has 0 unspecified atom stereocenters. The van der Waals surface area contributed by atoms with Gasteiger partial charge in [-0.3, -0.25) is 9.69 Å². The van der Waals surface area contributed by atoms with E-state index in [-0.39, 0.29) is 29.5 Å². The molecule has 0 radical (unpaired) electrons. The van der Waals surface area contributed by atoms with Crippen molar-refractivity contribution in [3.05, 3.63) is 0 Å². The van der Waals surface area contributed by atoms with E-state index >= 15 is 0 Å². The van der Waals surface area contributed by atoms with Crippen molar-refractivity contribution in [3.8, 4) is 0 Å². The average molecular weight is 274 g/mol. The lowest BCUT2D eigenvalue weighted by molar-refractivity contribution is -0.126. The molecule has 104 valence electrons. The summed E-state index contributed by atoms with van der Waals surface area (Å²) in [6, 6.07) is -0.330. The van der Waals surface area contributed by atoms with E-state index in [0.717, 1.165) is 25.9 Å². The molecule has 0 aliphatic carbocycles. The molecule has 2 aliphatic rings. The van der Waals surface area contributed by atoms with Gasteiger partial charge in [-0.25, -0.2) is 8.42 Å². The monoisotopic (exact) mass is 274 g/mol. The Bertz CT molecular complexity index is 402. The number of carbonyl (C=O) groups excluding carboxylic acids is 1. The van der Waals surface area contributed by atoms with E-state index in [4.69, 9.17) is 0 Å². The van der Waals surface area contributed by atoms with E-state index in [2.05, 4.69) is 10.2 Å². The van der Waals surface area contributed by atoms with Gasteiger partial charge in [-0.15, -0.1) is 0 Å². The van der Waals surface area contributed by atoms with Crippen LogP contribution in [0.15, 0.2) is 0 Å². The minimum Gasteiger partial charge on any atom is -0.351 e. The molecule has 1 amide bonds. The van der Waals surface area contributed by atoms with Gasteiger partial charge in [0.25, 0.3) is 0 Å². The molecule has 2 heterocycles. The highest BCUT2D eigenvalue weighted by Crippen LogP contribution is 2.14. The van der Waals surface area contributed by atoms with E-state index in [1.165, 1.54) is 6.42 Å². The van der Waals surface area contributed by atoms with Crippen LogP contribution in [-0.4, -0.2) is 55.9 Å². The van der Waals surface area contributed by atoms with Crippen molar-refractivity contribution in [3.63, 3.8) is 0 Å². The third kappa shape index (κ3) is 3.45. The van der Waals surface area contributed by atoms with Gasteiger partial charge in [-0.05, 0) is 39.3 Å². The maximum Gasteiger partial charge on any atom is 0.237 e. The topological polar surface area (TPSA) is 66.5 Å². The Morgan fingerprint density at radius 2 is 1.94 bits per heavy atom. The highest BCUT2D eigenvalue weighted by Gasteiger charge is 2.31. The van der Waals surface area contributed by atoms with Crippen LogP contribution in [-0.2, 0) is 14.6 Å². The Morgan fingerprint density at radius 3 is 2.50 bits per heavy atom. The summed E-state index contributed by atoms with van der Waals surface area (Å²) < 4.78 is 22.7. The molecular formula is C12H22N2O3S. The van der Waals surface area contributed by atoms with Crippen LogP contribution in [0.3, 0.4) is 0 Å². The number of carbonyl (C=O) groups is 1. The van der Waals surface area contributed by atoms with Gasteiger partial charge >= 0.3 is 0 Å². The maximum absolute atomic E-state index is 12.1. The molecule has 0 bridgehead atoms. The van der Waals surface area contributed by atoms with Gasteiger partial charge in [0.15, 0.2) is 9.84 Å². The number of sulfone groups is 1. The van der Waals surface area contributed by atoms with Crippen molar-refractivity contribution in [2.45, 2.75) is 44.7 Å². The van der Waals surface area contributed by atoms with Crippen molar-refractivity contribution in [2.24, 2.45) is 0 Å². The number of rotatable bonds is 3. The molecule has 2 aliphatic heterocycles.